The Bertz CT molecular complexity index is 438. The van der Waals surface area contributed by atoms with Crippen molar-refractivity contribution in [1.82, 2.24) is 10.2 Å². The molecule has 1 saturated heterocycles. The molecule has 0 spiro atoms. The number of carbonyl (C=O) groups is 1. The van der Waals surface area contributed by atoms with Gasteiger partial charge in [-0.25, -0.2) is 0 Å². The molecule has 0 radical (unpaired) electrons. The second kappa shape index (κ2) is 5.59. The van der Waals surface area contributed by atoms with Gasteiger partial charge in [-0.1, -0.05) is 17.7 Å². The predicted octanol–water partition coefficient (Wildman–Crippen LogP) is 1.21. The van der Waals surface area contributed by atoms with Gasteiger partial charge in [-0.2, -0.15) is 0 Å². The Hall–Kier alpha value is -1.26. The molecule has 1 amide bonds. The molecule has 1 aliphatic rings. The molecule has 5 heteroatoms. The molecule has 1 aromatic carbocycles. The quantitative estimate of drug-likeness (QED) is 0.894. The molecular weight excluding hydrogens is 250 g/mol. The van der Waals surface area contributed by atoms with Crippen molar-refractivity contribution in [1.29, 1.82) is 0 Å². The van der Waals surface area contributed by atoms with Gasteiger partial charge in [0.15, 0.2) is 0 Å². The van der Waals surface area contributed by atoms with Crippen molar-refractivity contribution < 1.29 is 4.79 Å². The number of hydrogen-bond donors (Lipinski definition) is 1. The van der Waals surface area contributed by atoms with Gasteiger partial charge in [-0.05, 0) is 25.2 Å². The summed E-state index contributed by atoms with van der Waals surface area (Å²) >= 11 is 5.99. The van der Waals surface area contributed by atoms with E-state index in [1.54, 1.807) is 0 Å². The van der Waals surface area contributed by atoms with Crippen LogP contribution in [0.1, 0.15) is 0 Å². The van der Waals surface area contributed by atoms with Gasteiger partial charge in [0, 0.05) is 30.8 Å². The topological polar surface area (TPSA) is 35.6 Å². The van der Waals surface area contributed by atoms with Crippen molar-refractivity contribution in [3.63, 3.8) is 0 Å². The fraction of sp³-hybridized carbons (Fsp3) is 0.462. The summed E-state index contributed by atoms with van der Waals surface area (Å²) < 4.78 is 0. The number of hydrogen-bond acceptors (Lipinski definition) is 3. The van der Waals surface area contributed by atoms with Crippen molar-refractivity contribution in [3.8, 4) is 0 Å². The molecule has 0 aromatic heterocycles. The van der Waals surface area contributed by atoms with Crippen LogP contribution in [0.3, 0.4) is 0 Å². The van der Waals surface area contributed by atoms with E-state index < -0.39 is 0 Å². The number of amides is 1. The van der Waals surface area contributed by atoms with E-state index in [1.165, 1.54) is 0 Å². The van der Waals surface area contributed by atoms with Gasteiger partial charge in [0.1, 0.15) is 0 Å². The van der Waals surface area contributed by atoms with E-state index in [9.17, 15) is 4.79 Å². The van der Waals surface area contributed by atoms with Crippen molar-refractivity contribution in [2.75, 3.05) is 38.6 Å². The van der Waals surface area contributed by atoms with Gasteiger partial charge in [0.25, 0.3) is 0 Å². The third-order valence-corrected chi connectivity index (χ3v) is 3.55. The number of piperazine rings is 1. The molecule has 1 aliphatic heterocycles. The van der Waals surface area contributed by atoms with Gasteiger partial charge >= 0.3 is 0 Å². The lowest BCUT2D eigenvalue weighted by atomic mass is 10.1. The minimum atomic E-state index is 0.140. The van der Waals surface area contributed by atoms with Crippen molar-refractivity contribution in [3.05, 3.63) is 29.3 Å². The predicted molar refractivity (Wildman–Crippen MR) is 74.1 cm³/mol. The summed E-state index contributed by atoms with van der Waals surface area (Å²) in [6.45, 7) is 2.03. The zero-order chi connectivity index (χ0) is 13.1. The van der Waals surface area contributed by atoms with Crippen LogP contribution in [0, 0.1) is 0 Å². The maximum Gasteiger partial charge on any atom is 0.242 e. The summed E-state index contributed by atoms with van der Waals surface area (Å²) in [5.74, 6) is 0.140. The average Bonchev–Trinajstić information content (AvgIpc) is 2.35. The molecule has 1 heterocycles. The molecule has 18 heavy (non-hydrogen) atoms. The van der Waals surface area contributed by atoms with Crippen molar-refractivity contribution >= 4 is 23.2 Å². The SMILES string of the molecule is CNCC1CN(c2cccc(Cl)c2)CC(=O)N1C. The van der Waals surface area contributed by atoms with Crippen LogP contribution in [-0.4, -0.2) is 50.6 Å². The average molecular weight is 268 g/mol. The van der Waals surface area contributed by atoms with E-state index in [-0.39, 0.29) is 11.9 Å². The highest BCUT2D eigenvalue weighted by Gasteiger charge is 2.29. The molecule has 0 aliphatic carbocycles. The Morgan fingerprint density at radius 3 is 2.94 bits per heavy atom. The Labute approximate surface area is 113 Å². The first-order valence-electron chi connectivity index (χ1n) is 6.02. The molecule has 4 nitrogen and oxygen atoms in total. The zero-order valence-corrected chi connectivity index (χ0v) is 11.4. The third-order valence-electron chi connectivity index (χ3n) is 3.31. The van der Waals surface area contributed by atoms with E-state index in [2.05, 4.69) is 10.2 Å². The Kier molecular flexibility index (Phi) is 4.09. The van der Waals surface area contributed by atoms with Crippen LogP contribution in [0.25, 0.3) is 0 Å². The van der Waals surface area contributed by atoms with Gasteiger partial charge in [0.2, 0.25) is 5.91 Å². The van der Waals surface area contributed by atoms with Crippen LogP contribution < -0.4 is 10.2 Å². The summed E-state index contributed by atoms with van der Waals surface area (Å²) in [7, 11) is 3.76. The highest BCUT2D eigenvalue weighted by atomic mass is 35.5. The Morgan fingerprint density at radius 2 is 2.28 bits per heavy atom. The van der Waals surface area contributed by atoms with Crippen molar-refractivity contribution in [2.45, 2.75) is 6.04 Å². The van der Waals surface area contributed by atoms with E-state index in [1.807, 2.05) is 43.3 Å². The maximum atomic E-state index is 12.0. The lowest BCUT2D eigenvalue weighted by Gasteiger charge is -2.40. The number of nitrogens with one attached hydrogen (secondary N) is 1. The lowest BCUT2D eigenvalue weighted by molar-refractivity contribution is -0.131. The monoisotopic (exact) mass is 267 g/mol. The van der Waals surface area contributed by atoms with Crippen LogP contribution in [0.2, 0.25) is 5.02 Å². The lowest BCUT2D eigenvalue weighted by Crippen LogP contribution is -2.57. The van der Waals surface area contributed by atoms with E-state index >= 15 is 0 Å². The minimum Gasteiger partial charge on any atom is -0.360 e. The number of nitrogens with zero attached hydrogens (tertiary/aromatic N) is 2. The highest BCUT2D eigenvalue weighted by Crippen LogP contribution is 2.22. The number of rotatable bonds is 3. The highest BCUT2D eigenvalue weighted by molar-refractivity contribution is 6.30. The van der Waals surface area contributed by atoms with Gasteiger partial charge in [-0.3, -0.25) is 4.79 Å². The van der Waals surface area contributed by atoms with Crippen molar-refractivity contribution in [2.24, 2.45) is 0 Å². The van der Waals surface area contributed by atoms with Crippen LogP contribution in [0.4, 0.5) is 5.69 Å². The number of likely N-dealkylation sites (N-methyl/N-ethyl adjacent to an activating group) is 2. The molecule has 98 valence electrons. The standard InChI is InChI=1S/C13H18ClN3O/c1-15-7-12-8-17(9-13(18)16(12)2)11-5-3-4-10(14)6-11/h3-6,12,15H,7-9H2,1-2H3. The number of benzene rings is 1. The molecule has 1 fully saturated rings. The summed E-state index contributed by atoms with van der Waals surface area (Å²) in [4.78, 5) is 15.9. The maximum absolute atomic E-state index is 12.0. The minimum absolute atomic E-state index is 0.140. The second-order valence-corrected chi connectivity index (χ2v) is 5.01. The Morgan fingerprint density at radius 1 is 1.50 bits per heavy atom. The summed E-state index contributed by atoms with van der Waals surface area (Å²) in [5, 5.41) is 3.82. The number of anilines is 1. The molecular formula is C13H18ClN3O. The normalized spacial score (nSPS) is 20.4. The van der Waals surface area contributed by atoms with E-state index in [4.69, 9.17) is 11.6 Å². The molecule has 1 unspecified atom stereocenters. The molecule has 1 N–H and O–H groups in total. The molecule has 1 aromatic rings. The van der Waals surface area contributed by atoms with E-state index in [0.29, 0.717) is 11.6 Å². The summed E-state index contributed by atoms with van der Waals surface area (Å²) in [6.07, 6.45) is 0. The molecule has 0 bridgehead atoms. The largest absolute Gasteiger partial charge is 0.360 e. The van der Waals surface area contributed by atoms with Crippen LogP contribution in [0.5, 0.6) is 0 Å². The fourth-order valence-electron chi connectivity index (χ4n) is 2.23. The number of carbonyl (C=O) groups excluding carboxylic acids is 1. The molecule has 1 atom stereocenters. The van der Waals surface area contributed by atoms with Gasteiger partial charge in [0.05, 0.1) is 12.6 Å². The van der Waals surface area contributed by atoms with Crippen LogP contribution in [-0.2, 0) is 4.79 Å². The second-order valence-electron chi connectivity index (χ2n) is 4.58. The first kappa shape index (κ1) is 13.2. The zero-order valence-electron chi connectivity index (χ0n) is 10.7. The molecule has 0 saturated carbocycles. The van der Waals surface area contributed by atoms with E-state index in [0.717, 1.165) is 18.8 Å². The summed E-state index contributed by atoms with van der Waals surface area (Å²) in [5.41, 5.74) is 1.00. The smallest absolute Gasteiger partial charge is 0.242 e. The summed E-state index contributed by atoms with van der Waals surface area (Å²) in [6, 6.07) is 7.83. The molecule has 2 rings (SSSR count). The van der Waals surface area contributed by atoms with Gasteiger partial charge < -0.3 is 15.1 Å². The van der Waals surface area contributed by atoms with Crippen LogP contribution in [0.15, 0.2) is 24.3 Å². The van der Waals surface area contributed by atoms with Gasteiger partial charge in [-0.15, -0.1) is 0 Å². The Balaban J connectivity index is 2.17. The first-order valence-corrected chi connectivity index (χ1v) is 6.40. The fourth-order valence-corrected chi connectivity index (χ4v) is 2.41. The third kappa shape index (κ3) is 2.76. The number of halogens is 1. The van der Waals surface area contributed by atoms with Crippen LogP contribution >= 0.6 is 11.6 Å². The first-order chi connectivity index (χ1) is 8.61.